The van der Waals surface area contributed by atoms with Gasteiger partial charge in [0.25, 0.3) is 0 Å². The zero-order valence-corrected chi connectivity index (χ0v) is 12.8. The van der Waals surface area contributed by atoms with Crippen LogP contribution >= 0.6 is 11.6 Å². The second-order valence-corrected chi connectivity index (χ2v) is 5.71. The van der Waals surface area contributed by atoms with Crippen molar-refractivity contribution in [2.75, 3.05) is 25.5 Å². The summed E-state index contributed by atoms with van der Waals surface area (Å²) in [6.45, 7) is 0.481. The lowest BCUT2D eigenvalue weighted by Gasteiger charge is -2.14. The summed E-state index contributed by atoms with van der Waals surface area (Å²) in [6.07, 6.45) is 4.22. The van der Waals surface area contributed by atoms with Gasteiger partial charge >= 0.3 is 0 Å². The van der Waals surface area contributed by atoms with Crippen LogP contribution in [-0.4, -0.2) is 36.7 Å². The highest BCUT2D eigenvalue weighted by Gasteiger charge is 2.26. The van der Waals surface area contributed by atoms with Gasteiger partial charge in [-0.1, -0.05) is 11.6 Å². The molecular formula is C15H17ClN4O. The minimum atomic E-state index is 0.00204. The van der Waals surface area contributed by atoms with Crippen LogP contribution in [0.15, 0.2) is 24.5 Å². The van der Waals surface area contributed by atoms with Gasteiger partial charge in [-0.15, -0.1) is 0 Å². The Balaban J connectivity index is 2.10. The molecule has 2 heterocycles. The van der Waals surface area contributed by atoms with Crippen LogP contribution in [0.3, 0.4) is 0 Å². The minimum absolute atomic E-state index is 0.00204. The van der Waals surface area contributed by atoms with E-state index in [1.54, 1.807) is 12.4 Å². The second kappa shape index (κ2) is 5.50. The number of benzene rings is 1. The molecule has 2 aromatic rings. The summed E-state index contributed by atoms with van der Waals surface area (Å²) in [5, 5.41) is 0.669. The molecule has 0 unspecified atom stereocenters. The van der Waals surface area contributed by atoms with Gasteiger partial charge in [-0.2, -0.15) is 0 Å². The summed E-state index contributed by atoms with van der Waals surface area (Å²) in [7, 11) is 3.86. The lowest BCUT2D eigenvalue weighted by Crippen LogP contribution is -2.24. The maximum absolute atomic E-state index is 6.23. The maximum Gasteiger partial charge on any atom is 0.147 e. The maximum atomic E-state index is 6.23. The molecule has 0 saturated heterocycles. The Labute approximate surface area is 128 Å². The van der Waals surface area contributed by atoms with E-state index < -0.39 is 0 Å². The molecular weight excluding hydrogens is 288 g/mol. The van der Waals surface area contributed by atoms with Crippen molar-refractivity contribution in [2.45, 2.75) is 12.5 Å². The third-order valence-corrected chi connectivity index (χ3v) is 3.70. The third kappa shape index (κ3) is 2.66. The molecule has 0 spiro atoms. The number of fused-ring (bicyclic) bond motifs is 1. The first-order chi connectivity index (χ1) is 10.1. The van der Waals surface area contributed by atoms with E-state index in [4.69, 9.17) is 22.1 Å². The molecule has 21 heavy (non-hydrogen) atoms. The summed E-state index contributed by atoms with van der Waals surface area (Å²) in [5.74, 6) is 1.61. The first kappa shape index (κ1) is 14.1. The molecule has 6 heteroatoms. The average Bonchev–Trinajstić information content (AvgIpc) is 2.89. The number of nitrogens with two attached hydrogens (primary N) is 1. The van der Waals surface area contributed by atoms with E-state index in [0.717, 1.165) is 34.8 Å². The first-order valence-electron chi connectivity index (χ1n) is 6.77. The van der Waals surface area contributed by atoms with Crippen LogP contribution in [0.4, 0.5) is 5.82 Å². The van der Waals surface area contributed by atoms with Crippen LogP contribution in [-0.2, 0) is 6.42 Å². The summed E-state index contributed by atoms with van der Waals surface area (Å²) in [6, 6.07) is 3.79. The van der Waals surface area contributed by atoms with E-state index in [2.05, 4.69) is 9.97 Å². The molecule has 2 N–H and O–H groups in total. The van der Waals surface area contributed by atoms with Crippen LogP contribution in [0.5, 0.6) is 5.75 Å². The molecule has 0 bridgehead atoms. The summed E-state index contributed by atoms with van der Waals surface area (Å²) in [5.41, 5.74) is 8.40. The van der Waals surface area contributed by atoms with Gasteiger partial charge in [-0.25, -0.2) is 4.98 Å². The Bertz CT molecular complexity index is 675. The number of hydrogen-bond donors (Lipinski definition) is 1. The standard InChI is InChI=1S/C15H17ClN4O/c1-20(2)14-8-18-7-13(19-14)12-5-10(16)3-9-4-11(6-17)21-15(9)12/h3,5,7-8,11H,4,6,17H2,1-2H3/t11-/m0/s1. The second-order valence-electron chi connectivity index (χ2n) is 5.28. The normalized spacial score (nSPS) is 16.5. The molecule has 1 aliphatic heterocycles. The predicted octanol–water partition coefficient (Wildman–Crippen LogP) is 2.13. The number of hydrogen-bond acceptors (Lipinski definition) is 5. The van der Waals surface area contributed by atoms with Gasteiger partial charge in [0.1, 0.15) is 17.7 Å². The Morgan fingerprint density at radius 3 is 2.90 bits per heavy atom. The van der Waals surface area contributed by atoms with Crippen molar-refractivity contribution in [3.8, 4) is 17.0 Å². The number of anilines is 1. The quantitative estimate of drug-likeness (QED) is 0.941. The molecule has 0 amide bonds. The van der Waals surface area contributed by atoms with Gasteiger partial charge in [0.15, 0.2) is 0 Å². The highest BCUT2D eigenvalue weighted by atomic mass is 35.5. The molecule has 0 fully saturated rings. The fraction of sp³-hybridized carbons (Fsp3) is 0.333. The van der Waals surface area contributed by atoms with Crippen molar-refractivity contribution in [3.63, 3.8) is 0 Å². The van der Waals surface area contributed by atoms with Crippen LogP contribution < -0.4 is 15.4 Å². The molecule has 1 aromatic carbocycles. The molecule has 0 saturated carbocycles. The Kier molecular flexibility index (Phi) is 3.69. The third-order valence-electron chi connectivity index (χ3n) is 3.48. The van der Waals surface area contributed by atoms with E-state index in [-0.39, 0.29) is 6.10 Å². The fourth-order valence-electron chi connectivity index (χ4n) is 2.42. The molecule has 110 valence electrons. The first-order valence-corrected chi connectivity index (χ1v) is 7.15. The van der Waals surface area contributed by atoms with Crippen molar-refractivity contribution in [3.05, 3.63) is 35.1 Å². The van der Waals surface area contributed by atoms with E-state index in [0.29, 0.717) is 11.6 Å². The number of nitrogens with zero attached hydrogens (tertiary/aromatic N) is 3. The SMILES string of the molecule is CN(C)c1cncc(-c2cc(Cl)cc3c2O[C@H](CN)C3)n1. The number of aromatic nitrogens is 2. The zero-order valence-electron chi connectivity index (χ0n) is 12.0. The minimum Gasteiger partial charge on any atom is -0.488 e. The summed E-state index contributed by atoms with van der Waals surface area (Å²) < 4.78 is 5.93. The van der Waals surface area contributed by atoms with Gasteiger partial charge < -0.3 is 15.4 Å². The van der Waals surface area contributed by atoms with E-state index >= 15 is 0 Å². The zero-order chi connectivity index (χ0) is 15.0. The Hall–Kier alpha value is -1.85. The highest BCUT2D eigenvalue weighted by molar-refractivity contribution is 6.31. The van der Waals surface area contributed by atoms with Crippen LogP contribution in [0, 0.1) is 0 Å². The molecule has 0 radical (unpaired) electrons. The largest absolute Gasteiger partial charge is 0.488 e. The molecule has 1 aliphatic rings. The van der Waals surface area contributed by atoms with Gasteiger partial charge in [0.2, 0.25) is 0 Å². The van der Waals surface area contributed by atoms with Gasteiger partial charge in [0.05, 0.1) is 18.1 Å². The van der Waals surface area contributed by atoms with Crippen molar-refractivity contribution < 1.29 is 4.74 Å². The van der Waals surface area contributed by atoms with Gasteiger partial charge in [-0.3, -0.25) is 4.98 Å². The average molecular weight is 305 g/mol. The topological polar surface area (TPSA) is 64.3 Å². The van der Waals surface area contributed by atoms with Crippen LogP contribution in [0.1, 0.15) is 5.56 Å². The molecule has 1 atom stereocenters. The smallest absolute Gasteiger partial charge is 0.147 e. The highest BCUT2D eigenvalue weighted by Crippen LogP contribution is 2.40. The molecule has 5 nitrogen and oxygen atoms in total. The molecule has 3 rings (SSSR count). The predicted molar refractivity (Wildman–Crippen MR) is 84.0 cm³/mol. The number of ether oxygens (including phenoxy) is 1. The number of rotatable bonds is 3. The van der Waals surface area contributed by atoms with Crippen molar-refractivity contribution >= 4 is 17.4 Å². The van der Waals surface area contributed by atoms with E-state index in [1.165, 1.54) is 0 Å². The van der Waals surface area contributed by atoms with Crippen molar-refractivity contribution in [2.24, 2.45) is 5.73 Å². The van der Waals surface area contributed by atoms with Crippen LogP contribution in [0.25, 0.3) is 11.3 Å². The summed E-state index contributed by atoms with van der Waals surface area (Å²) >= 11 is 6.23. The van der Waals surface area contributed by atoms with Crippen LogP contribution in [0.2, 0.25) is 5.02 Å². The monoisotopic (exact) mass is 304 g/mol. The summed E-state index contributed by atoms with van der Waals surface area (Å²) in [4.78, 5) is 10.8. The van der Waals surface area contributed by atoms with E-state index in [1.807, 2.05) is 31.1 Å². The van der Waals surface area contributed by atoms with Crippen molar-refractivity contribution in [1.82, 2.24) is 9.97 Å². The van der Waals surface area contributed by atoms with Gasteiger partial charge in [-0.05, 0) is 12.1 Å². The van der Waals surface area contributed by atoms with E-state index in [9.17, 15) is 0 Å². The number of halogens is 1. The fourth-order valence-corrected chi connectivity index (χ4v) is 2.66. The lowest BCUT2D eigenvalue weighted by atomic mass is 10.0. The van der Waals surface area contributed by atoms with Gasteiger partial charge in [0, 0.05) is 43.2 Å². The lowest BCUT2D eigenvalue weighted by molar-refractivity contribution is 0.242. The molecule has 0 aliphatic carbocycles. The Morgan fingerprint density at radius 2 is 2.19 bits per heavy atom. The molecule has 1 aromatic heterocycles. The van der Waals surface area contributed by atoms with Crippen molar-refractivity contribution in [1.29, 1.82) is 0 Å². The Morgan fingerprint density at radius 1 is 1.38 bits per heavy atom.